The summed E-state index contributed by atoms with van der Waals surface area (Å²) in [7, 11) is 0. The molecule has 122 valence electrons. The Kier molecular flexibility index (Phi) is 3.62. The van der Waals surface area contributed by atoms with E-state index in [1.807, 2.05) is 12.1 Å². The molecule has 0 saturated heterocycles. The van der Waals surface area contributed by atoms with Crippen LogP contribution >= 0.6 is 43.8 Å². The number of hydrogen-bond acceptors (Lipinski definition) is 3. The lowest BCUT2D eigenvalue weighted by Gasteiger charge is -2.06. The first-order valence-corrected chi connectivity index (χ1v) is 9.92. The van der Waals surface area contributed by atoms with Crippen LogP contribution in [0.4, 0.5) is 0 Å². The van der Waals surface area contributed by atoms with Gasteiger partial charge < -0.3 is 7.70 Å². The summed E-state index contributed by atoms with van der Waals surface area (Å²) in [5, 5.41) is 6.73. The van der Waals surface area contributed by atoms with Crippen molar-refractivity contribution in [3.05, 3.63) is 69.6 Å². The van der Waals surface area contributed by atoms with Crippen LogP contribution in [0.5, 0.6) is 0 Å². The van der Waals surface area contributed by atoms with Gasteiger partial charge in [-0.15, -0.1) is 0 Å². The molecule has 0 aliphatic carbocycles. The normalized spacial score (nSPS) is 11.6. The van der Waals surface area contributed by atoms with Gasteiger partial charge in [0, 0.05) is 19.7 Å². The molecule has 0 spiro atoms. The first kappa shape index (κ1) is 15.4. The van der Waals surface area contributed by atoms with Gasteiger partial charge in [-0.25, -0.2) is 0 Å². The summed E-state index contributed by atoms with van der Waals surface area (Å²) >= 11 is 8.12. The van der Waals surface area contributed by atoms with Crippen molar-refractivity contribution in [1.29, 1.82) is 0 Å². The summed E-state index contributed by atoms with van der Waals surface area (Å²) < 4.78 is 13.7. The number of benzene rings is 4. The Morgan fingerprint density at radius 1 is 0.600 bits per heavy atom. The fourth-order valence-corrected chi connectivity index (χ4v) is 4.52. The Bertz CT molecular complexity index is 1220. The third kappa shape index (κ3) is 2.49. The van der Waals surface area contributed by atoms with E-state index < -0.39 is 0 Å². The molecular weight excluding hydrogens is 464 g/mol. The minimum Gasteiger partial charge on any atom is -0.372 e. The molecule has 0 amide bonds. The Balaban J connectivity index is 2.16. The highest BCUT2D eigenvalue weighted by molar-refractivity contribution is 9.10. The zero-order valence-corrected chi connectivity index (χ0v) is 16.7. The number of hydrogen-bond donors (Lipinski definition) is 0. The molecule has 0 radical (unpaired) electrons. The molecule has 5 aromatic rings. The molecule has 0 aliphatic rings. The second-order valence-electron chi connectivity index (χ2n) is 5.84. The molecule has 0 fully saturated rings. The van der Waals surface area contributed by atoms with E-state index in [1.165, 1.54) is 0 Å². The first-order chi connectivity index (χ1) is 12.2. The molecule has 0 saturated carbocycles. The van der Waals surface area contributed by atoms with Gasteiger partial charge in [-0.05, 0) is 57.9 Å². The fraction of sp³-hybridized carbons (Fsp3) is 0. The number of rotatable bonds is 0. The molecule has 0 atom stereocenters. The van der Waals surface area contributed by atoms with E-state index in [0.717, 1.165) is 64.4 Å². The fourth-order valence-electron chi connectivity index (χ4n) is 3.31. The highest BCUT2D eigenvalue weighted by Crippen LogP contribution is 2.37. The van der Waals surface area contributed by atoms with Gasteiger partial charge in [0.25, 0.3) is 0 Å². The van der Waals surface area contributed by atoms with Crippen LogP contribution in [0.2, 0.25) is 0 Å². The summed E-state index contributed by atoms with van der Waals surface area (Å²) in [5.41, 5.74) is 1.63. The van der Waals surface area contributed by atoms with Crippen LogP contribution < -0.4 is 0 Å². The van der Waals surface area contributed by atoms with Gasteiger partial charge in [-0.3, -0.25) is 0 Å². The van der Waals surface area contributed by atoms with E-state index in [1.54, 1.807) is 0 Å². The largest absolute Gasteiger partial charge is 0.372 e. The van der Waals surface area contributed by atoms with Gasteiger partial charge in [0.05, 0.1) is 0 Å². The minimum atomic E-state index is 0.814. The Labute approximate surface area is 164 Å². The molecule has 4 aromatic carbocycles. The third-order valence-electron chi connectivity index (χ3n) is 4.38. The van der Waals surface area contributed by atoms with Crippen LogP contribution in [0.3, 0.4) is 0 Å². The summed E-state index contributed by atoms with van der Waals surface area (Å²) in [6.45, 7) is 0. The number of halogens is 2. The van der Waals surface area contributed by atoms with Crippen LogP contribution in [0.25, 0.3) is 43.5 Å². The molecule has 5 rings (SSSR count). The Hall–Kier alpha value is -1.82. The minimum absolute atomic E-state index is 0.814. The molecule has 0 aliphatic heterocycles. The van der Waals surface area contributed by atoms with E-state index in [4.69, 9.17) is 7.70 Å². The van der Waals surface area contributed by atoms with Crippen molar-refractivity contribution < 1.29 is 7.70 Å². The molecule has 5 heteroatoms. The summed E-state index contributed by atoms with van der Waals surface area (Å²) in [6, 6.07) is 20.8. The summed E-state index contributed by atoms with van der Waals surface area (Å²) in [5.74, 6) is 0. The highest BCUT2D eigenvalue weighted by atomic mass is 79.9. The second-order valence-corrected chi connectivity index (χ2v) is 8.14. The van der Waals surface area contributed by atoms with Crippen LogP contribution in [0.15, 0.2) is 77.3 Å². The van der Waals surface area contributed by atoms with Crippen molar-refractivity contribution in [3.63, 3.8) is 0 Å². The van der Waals surface area contributed by atoms with Crippen LogP contribution in [0.1, 0.15) is 0 Å². The van der Waals surface area contributed by atoms with Crippen molar-refractivity contribution in [2.45, 2.75) is 0 Å². The van der Waals surface area contributed by atoms with Gasteiger partial charge in [0.2, 0.25) is 11.9 Å². The molecule has 2 nitrogen and oxygen atoms in total. The Morgan fingerprint density at radius 3 is 1.56 bits per heavy atom. The van der Waals surface area contributed by atoms with Crippen LogP contribution in [-0.4, -0.2) is 0 Å². The predicted molar refractivity (Wildman–Crippen MR) is 112 cm³/mol. The average Bonchev–Trinajstić information content (AvgIpc) is 2.80. The predicted octanol–water partition coefficient (Wildman–Crippen LogP) is 8.20. The van der Waals surface area contributed by atoms with Crippen molar-refractivity contribution >= 4 is 87.3 Å². The lowest BCUT2D eigenvalue weighted by molar-refractivity contribution is 0.656. The second kappa shape index (κ2) is 5.87. The Morgan fingerprint density at radius 2 is 1.08 bits per heavy atom. The number of fused-ring (bicyclic) bond motifs is 7. The maximum atomic E-state index is 5.82. The maximum absolute atomic E-state index is 5.82. The maximum Gasteiger partial charge on any atom is 0.242 e. The third-order valence-corrected chi connectivity index (χ3v) is 5.87. The molecule has 1 heterocycles. The zero-order chi connectivity index (χ0) is 17.0. The van der Waals surface area contributed by atoms with Crippen molar-refractivity contribution in [1.82, 2.24) is 0 Å². The zero-order valence-electron chi connectivity index (χ0n) is 12.8. The van der Waals surface area contributed by atoms with Gasteiger partial charge in [-0.2, -0.15) is 0 Å². The first-order valence-electron chi connectivity index (χ1n) is 7.67. The highest BCUT2D eigenvalue weighted by Gasteiger charge is 2.11. The lowest BCUT2D eigenvalue weighted by Crippen LogP contribution is -1.81. The van der Waals surface area contributed by atoms with Crippen LogP contribution in [-0.2, 0) is 0 Å². The standard InChI is InChI=1S/C20H10Br2O2S/c21-13-3-5-15-11(9-13)1-7-17-19(15)20-16-6-4-14(22)10-12(16)2-8-18(20)24-25-23-17/h1-10H. The van der Waals surface area contributed by atoms with Crippen molar-refractivity contribution in [2.24, 2.45) is 0 Å². The molecule has 0 unspecified atom stereocenters. The van der Waals surface area contributed by atoms with E-state index in [0.29, 0.717) is 0 Å². The van der Waals surface area contributed by atoms with Crippen LogP contribution in [0, 0.1) is 0 Å². The molecule has 25 heavy (non-hydrogen) atoms. The lowest BCUT2D eigenvalue weighted by atomic mass is 9.99. The molecular formula is C20H10Br2O2S. The SMILES string of the molecule is Brc1ccc2c(ccc3osoc4ccc5cc(Br)ccc5c4c32)c1. The van der Waals surface area contributed by atoms with Crippen molar-refractivity contribution in [2.75, 3.05) is 0 Å². The average molecular weight is 474 g/mol. The van der Waals surface area contributed by atoms with E-state index >= 15 is 0 Å². The van der Waals surface area contributed by atoms with Gasteiger partial charge in [0.1, 0.15) is 0 Å². The molecule has 1 aromatic heterocycles. The van der Waals surface area contributed by atoms with Gasteiger partial charge in [-0.1, -0.05) is 56.1 Å². The van der Waals surface area contributed by atoms with Gasteiger partial charge in [0.15, 0.2) is 11.2 Å². The summed E-state index contributed by atoms with van der Waals surface area (Å²) in [4.78, 5) is 0. The van der Waals surface area contributed by atoms with E-state index in [-0.39, 0.29) is 0 Å². The summed E-state index contributed by atoms with van der Waals surface area (Å²) in [6.07, 6.45) is 0. The quantitative estimate of drug-likeness (QED) is 0.226. The topological polar surface area (TPSA) is 26.3 Å². The van der Waals surface area contributed by atoms with Gasteiger partial charge >= 0.3 is 0 Å². The monoisotopic (exact) mass is 472 g/mol. The molecule has 0 bridgehead atoms. The van der Waals surface area contributed by atoms with E-state index in [9.17, 15) is 0 Å². The van der Waals surface area contributed by atoms with E-state index in [2.05, 4.69) is 80.4 Å². The smallest absolute Gasteiger partial charge is 0.242 e. The van der Waals surface area contributed by atoms with Crippen molar-refractivity contribution in [3.8, 4) is 0 Å². The molecule has 0 N–H and O–H groups in total.